The molecule has 0 aliphatic heterocycles. The Labute approximate surface area is 52.9 Å². The Morgan fingerprint density at radius 2 is 2.50 bits per heavy atom. The van der Waals surface area contributed by atoms with E-state index in [-0.39, 0.29) is 0 Å². The highest BCUT2D eigenvalue weighted by Crippen LogP contribution is 2.22. The quantitative estimate of drug-likeness (QED) is 0.473. The minimum absolute atomic E-state index is 0.711. The standard InChI is InChI=1S/C7H11P/c1-2-6-3-4-7(8)5-6/h3-6H,2,8H2,1H3. The number of rotatable bonds is 1. The smallest absolute Gasteiger partial charge is 0.00436 e. The summed E-state index contributed by atoms with van der Waals surface area (Å²) < 4.78 is 0. The summed E-state index contributed by atoms with van der Waals surface area (Å²) in [6, 6.07) is 0. The van der Waals surface area contributed by atoms with E-state index in [1.807, 2.05) is 0 Å². The van der Waals surface area contributed by atoms with E-state index in [1.54, 1.807) is 0 Å². The molecule has 0 amide bonds. The van der Waals surface area contributed by atoms with E-state index in [0.717, 1.165) is 0 Å². The van der Waals surface area contributed by atoms with Gasteiger partial charge in [0.05, 0.1) is 0 Å². The van der Waals surface area contributed by atoms with Crippen LogP contribution >= 0.6 is 9.24 Å². The summed E-state index contributed by atoms with van der Waals surface area (Å²) in [6.45, 7) is 2.20. The molecule has 1 aliphatic carbocycles. The molecule has 0 saturated carbocycles. The maximum Gasteiger partial charge on any atom is -0.00436 e. The van der Waals surface area contributed by atoms with E-state index in [4.69, 9.17) is 0 Å². The van der Waals surface area contributed by atoms with E-state index in [1.165, 1.54) is 11.7 Å². The van der Waals surface area contributed by atoms with Gasteiger partial charge in [0.2, 0.25) is 0 Å². The van der Waals surface area contributed by atoms with Crippen molar-refractivity contribution in [1.29, 1.82) is 0 Å². The molecule has 44 valence electrons. The summed E-state index contributed by atoms with van der Waals surface area (Å²) in [5.41, 5.74) is 0. The second kappa shape index (κ2) is 2.46. The molecule has 1 rings (SSSR count). The van der Waals surface area contributed by atoms with Gasteiger partial charge in [-0.05, 0) is 17.7 Å². The van der Waals surface area contributed by atoms with Crippen molar-refractivity contribution in [2.45, 2.75) is 13.3 Å². The van der Waals surface area contributed by atoms with E-state index < -0.39 is 0 Å². The van der Waals surface area contributed by atoms with Gasteiger partial charge in [0.1, 0.15) is 0 Å². The predicted molar refractivity (Wildman–Crippen MR) is 40.7 cm³/mol. The lowest BCUT2D eigenvalue weighted by atomic mass is 10.1. The molecule has 2 atom stereocenters. The Balaban J connectivity index is 2.55. The van der Waals surface area contributed by atoms with Crippen LogP contribution in [0.3, 0.4) is 0 Å². The van der Waals surface area contributed by atoms with Crippen LogP contribution in [0.25, 0.3) is 0 Å². The van der Waals surface area contributed by atoms with Crippen molar-refractivity contribution in [1.82, 2.24) is 0 Å². The molecule has 0 aromatic rings. The molecule has 0 saturated heterocycles. The average molecular weight is 126 g/mol. The third-order valence-electron chi connectivity index (χ3n) is 1.41. The highest BCUT2D eigenvalue weighted by atomic mass is 31.0. The third-order valence-corrected chi connectivity index (χ3v) is 1.80. The largest absolute Gasteiger partial charge is 0.106 e. The van der Waals surface area contributed by atoms with Crippen LogP contribution in [-0.2, 0) is 0 Å². The highest BCUT2D eigenvalue weighted by molar-refractivity contribution is 7.23. The van der Waals surface area contributed by atoms with E-state index in [2.05, 4.69) is 34.4 Å². The third kappa shape index (κ3) is 1.20. The lowest BCUT2D eigenvalue weighted by Gasteiger charge is -1.94. The van der Waals surface area contributed by atoms with Crippen LogP contribution in [0.15, 0.2) is 23.5 Å². The van der Waals surface area contributed by atoms with Gasteiger partial charge < -0.3 is 0 Å². The maximum absolute atomic E-state index is 2.70. The lowest BCUT2D eigenvalue weighted by Crippen LogP contribution is -1.81. The van der Waals surface area contributed by atoms with Crippen molar-refractivity contribution >= 4 is 9.24 Å². The Morgan fingerprint density at radius 1 is 1.75 bits per heavy atom. The van der Waals surface area contributed by atoms with Crippen molar-refractivity contribution < 1.29 is 0 Å². The second-order valence-corrected chi connectivity index (χ2v) is 2.76. The molecular formula is C7H11P. The highest BCUT2D eigenvalue weighted by Gasteiger charge is 2.01. The Bertz CT molecular complexity index is 133. The van der Waals surface area contributed by atoms with Gasteiger partial charge in [0.15, 0.2) is 0 Å². The van der Waals surface area contributed by atoms with Crippen LogP contribution in [0.5, 0.6) is 0 Å². The topological polar surface area (TPSA) is 0 Å². The van der Waals surface area contributed by atoms with Crippen molar-refractivity contribution in [3.8, 4) is 0 Å². The summed E-state index contributed by atoms with van der Waals surface area (Å²) >= 11 is 0. The van der Waals surface area contributed by atoms with E-state index in [0.29, 0.717) is 5.92 Å². The molecule has 0 bridgehead atoms. The molecule has 0 nitrogen and oxygen atoms in total. The molecule has 1 heteroatoms. The fourth-order valence-electron chi connectivity index (χ4n) is 0.847. The molecule has 0 aromatic carbocycles. The van der Waals surface area contributed by atoms with Crippen LogP contribution in [0.1, 0.15) is 13.3 Å². The monoisotopic (exact) mass is 126 g/mol. The molecular weight excluding hydrogens is 115 g/mol. The zero-order chi connectivity index (χ0) is 5.98. The van der Waals surface area contributed by atoms with Gasteiger partial charge >= 0.3 is 0 Å². The Hall–Kier alpha value is -0.0900. The first-order valence-electron chi connectivity index (χ1n) is 2.98. The SMILES string of the molecule is CCC1C=CC(P)=C1. The predicted octanol–water partition coefficient (Wildman–Crippen LogP) is 2.34. The minimum Gasteiger partial charge on any atom is -0.106 e. The fourth-order valence-corrected chi connectivity index (χ4v) is 1.21. The Morgan fingerprint density at radius 3 is 2.75 bits per heavy atom. The Kier molecular flexibility index (Phi) is 1.85. The van der Waals surface area contributed by atoms with Crippen LogP contribution < -0.4 is 0 Å². The van der Waals surface area contributed by atoms with Gasteiger partial charge in [-0.1, -0.05) is 25.2 Å². The molecule has 0 heterocycles. The average Bonchev–Trinajstić information content (AvgIpc) is 2.14. The summed E-state index contributed by atoms with van der Waals surface area (Å²) in [5, 5.41) is 1.33. The van der Waals surface area contributed by atoms with Crippen LogP contribution in [0, 0.1) is 5.92 Å². The van der Waals surface area contributed by atoms with Crippen LogP contribution in [0.4, 0.5) is 0 Å². The van der Waals surface area contributed by atoms with Gasteiger partial charge in [-0.2, -0.15) is 0 Å². The van der Waals surface area contributed by atoms with Crippen molar-refractivity contribution in [3.05, 3.63) is 23.5 Å². The van der Waals surface area contributed by atoms with E-state index in [9.17, 15) is 0 Å². The number of allylic oxidation sites excluding steroid dienone is 4. The van der Waals surface area contributed by atoms with Gasteiger partial charge in [-0.25, -0.2) is 0 Å². The molecule has 2 unspecified atom stereocenters. The van der Waals surface area contributed by atoms with E-state index >= 15 is 0 Å². The van der Waals surface area contributed by atoms with Gasteiger partial charge in [-0.15, -0.1) is 9.24 Å². The molecule has 1 aliphatic rings. The van der Waals surface area contributed by atoms with Crippen LogP contribution in [-0.4, -0.2) is 0 Å². The molecule has 0 aromatic heterocycles. The first kappa shape index (κ1) is 6.04. The van der Waals surface area contributed by atoms with Crippen molar-refractivity contribution in [3.63, 3.8) is 0 Å². The normalized spacial score (nSPS) is 26.2. The molecule has 0 spiro atoms. The minimum atomic E-state index is 0.711. The fraction of sp³-hybridized carbons (Fsp3) is 0.429. The first-order chi connectivity index (χ1) is 3.83. The van der Waals surface area contributed by atoms with Gasteiger partial charge in [0, 0.05) is 0 Å². The second-order valence-electron chi connectivity index (χ2n) is 2.10. The summed E-state index contributed by atoms with van der Waals surface area (Å²) in [5.74, 6) is 0.711. The zero-order valence-corrected chi connectivity index (χ0v) is 6.25. The lowest BCUT2D eigenvalue weighted by molar-refractivity contribution is 0.784. The molecule has 0 fully saturated rings. The number of hydrogen-bond acceptors (Lipinski definition) is 0. The summed E-state index contributed by atoms with van der Waals surface area (Å²) in [7, 11) is 2.70. The van der Waals surface area contributed by atoms with Crippen molar-refractivity contribution in [2.24, 2.45) is 5.92 Å². The molecule has 0 radical (unpaired) electrons. The first-order valence-corrected chi connectivity index (χ1v) is 3.56. The van der Waals surface area contributed by atoms with Crippen LogP contribution in [0.2, 0.25) is 0 Å². The maximum atomic E-state index is 2.70. The summed E-state index contributed by atoms with van der Waals surface area (Å²) in [6.07, 6.45) is 7.89. The molecule has 8 heavy (non-hydrogen) atoms. The van der Waals surface area contributed by atoms with Crippen molar-refractivity contribution in [2.75, 3.05) is 0 Å². The molecule has 0 N–H and O–H groups in total. The van der Waals surface area contributed by atoms with Gasteiger partial charge in [0.25, 0.3) is 0 Å². The zero-order valence-electron chi connectivity index (χ0n) is 5.09. The van der Waals surface area contributed by atoms with Gasteiger partial charge in [-0.3, -0.25) is 0 Å². The summed E-state index contributed by atoms with van der Waals surface area (Å²) in [4.78, 5) is 0. The number of hydrogen-bond donors (Lipinski definition) is 0.